The number of carbonyl (C=O) groups is 4. The lowest BCUT2D eigenvalue weighted by Crippen LogP contribution is -2.42. The summed E-state index contributed by atoms with van der Waals surface area (Å²) in [5, 5.41) is 4.79. The summed E-state index contributed by atoms with van der Waals surface area (Å²) in [6.45, 7) is 4.89. The number of thiophene rings is 1. The number of hydrogen-bond acceptors (Lipinski definition) is 8. The first-order chi connectivity index (χ1) is 15.8. The molecule has 0 spiro atoms. The molecule has 0 atom stereocenters. The van der Waals surface area contributed by atoms with Crippen LogP contribution in [-0.2, 0) is 30.3 Å². The van der Waals surface area contributed by atoms with Gasteiger partial charge in [0.25, 0.3) is 11.8 Å². The maximum absolute atomic E-state index is 12.4. The molecule has 0 unspecified atom stereocenters. The quantitative estimate of drug-likeness (QED) is 0.556. The Morgan fingerprint density at radius 1 is 1.21 bits per heavy atom. The van der Waals surface area contributed by atoms with E-state index in [1.807, 2.05) is 19.2 Å². The molecule has 1 aromatic carbocycles. The summed E-state index contributed by atoms with van der Waals surface area (Å²) >= 11 is 1.22. The molecule has 1 N–H and O–H groups in total. The molecule has 0 fully saturated rings. The van der Waals surface area contributed by atoms with E-state index in [1.165, 1.54) is 16.2 Å². The Hall–Kier alpha value is -3.40. The number of anilines is 2. The fourth-order valence-corrected chi connectivity index (χ4v) is 4.29. The van der Waals surface area contributed by atoms with Gasteiger partial charge in [0.2, 0.25) is 0 Å². The molecule has 0 bridgehead atoms. The van der Waals surface area contributed by atoms with Crippen LogP contribution >= 0.6 is 11.3 Å². The van der Waals surface area contributed by atoms with Crippen molar-refractivity contribution in [1.82, 2.24) is 0 Å². The second kappa shape index (κ2) is 11.0. The normalized spacial score (nSPS) is 12.7. The summed E-state index contributed by atoms with van der Waals surface area (Å²) in [6, 6.07) is 6.84. The molecular formula is C23H26N2O7S. The predicted molar refractivity (Wildman–Crippen MR) is 123 cm³/mol. The van der Waals surface area contributed by atoms with E-state index >= 15 is 0 Å². The maximum atomic E-state index is 12.4. The van der Waals surface area contributed by atoms with Crippen LogP contribution in [-0.4, -0.2) is 50.1 Å². The van der Waals surface area contributed by atoms with Crippen LogP contribution in [0.3, 0.4) is 0 Å². The molecule has 10 heteroatoms. The Bertz CT molecular complexity index is 1050. The fourth-order valence-electron chi connectivity index (χ4n) is 3.31. The lowest BCUT2D eigenvalue weighted by molar-refractivity contribution is -0.146. The highest BCUT2D eigenvalue weighted by molar-refractivity contribution is 7.15. The van der Waals surface area contributed by atoms with Crippen LogP contribution in [0.1, 0.15) is 36.7 Å². The predicted octanol–water partition coefficient (Wildman–Crippen LogP) is 3.03. The maximum Gasteiger partial charge on any atom is 0.341 e. The van der Waals surface area contributed by atoms with Gasteiger partial charge in [0, 0.05) is 0 Å². The van der Waals surface area contributed by atoms with Crippen molar-refractivity contribution in [1.29, 1.82) is 0 Å². The van der Waals surface area contributed by atoms with Crippen molar-refractivity contribution in [3.8, 4) is 5.75 Å². The van der Waals surface area contributed by atoms with Crippen molar-refractivity contribution in [2.45, 2.75) is 27.2 Å². The first kappa shape index (κ1) is 24.2. The zero-order chi connectivity index (χ0) is 24.0. The molecule has 1 aliphatic heterocycles. The van der Waals surface area contributed by atoms with Crippen molar-refractivity contribution < 1.29 is 33.4 Å². The number of fused-ring (bicyclic) bond motifs is 1. The molecule has 33 heavy (non-hydrogen) atoms. The summed E-state index contributed by atoms with van der Waals surface area (Å²) in [5.41, 5.74) is 1.58. The number of nitrogens with one attached hydrogen (secondary N) is 1. The summed E-state index contributed by atoms with van der Waals surface area (Å²) in [7, 11) is 0. The van der Waals surface area contributed by atoms with Crippen molar-refractivity contribution in [3.05, 3.63) is 40.8 Å². The minimum atomic E-state index is -0.743. The third-order valence-electron chi connectivity index (χ3n) is 4.69. The van der Waals surface area contributed by atoms with Crippen LogP contribution in [0.4, 0.5) is 10.7 Å². The van der Waals surface area contributed by atoms with E-state index in [-0.39, 0.29) is 25.7 Å². The number of hydrogen-bond donors (Lipinski definition) is 1. The molecule has 2 amide bonds. The Kier molecular flexibility index (Phi) is 8.05. The van der Waals surface area contributed by atoms with Gasteiger partial charge in [-0.05, 0) is 42.3 Å². The van der Waals surface area contributed by atoms with Gasteiger partial charge in [0.05, 0.1) is 17.9 Å². The van der Waals surface area contributed by atoms with E-state index in [1.54, 1.807) is 31.2 Å². The molecule has 0 saturated carbocycles. The number of rotatable bonds is 9. The average Bonchev–Trinajstić information content (AvgIpc) is 3.15. The number of ether oxygens (including phenoxy) is 3. The molecule has 0 saturated heterocycles. The van der Waals surface area contributed by atoms with Crippen LogP contribution in [0, 0.1) is 5.92 Å². The van der Waals surface area contributed by atoms with Crippen molar-refractivity contribution in [3.63, 3.8) is 0 Å². The monoisotopic (exact) mass is 474 g/mol. The van der Waals surface area contributed by atoms with E-state index in [9.17, 15) is 19.2 Å². The Labute approximate surface area is 195 Å². The van der Waals surface area contributed by atoms with Gasteiger partial charge in [0.15, 0.2) is 13.2 Å². The minimum Gasteiger partial charge on any atom is -0.482 e. The average molecular weight is 475 g/mol. The van der Waals surface area contributed by atoms with E-state index in [2.05, 4.69) is 5.32 Å². The standard InChI is InChI=1S/C23H26N2O7S/c1-4-30-23(29)21-15(9-14(2)3)13-33-22(21)24-18(26)11-32-20(28)10-25-16-7-5-6-8-17(16)31-12-19(25)27/h5-8,13-14H,4,9-12H2,1-3H3,(H,24,26). The van der Waals surface area contributed by atoms with Gasteiger partial charge in [-0.15, -0.1) is 11.3 Å². The van der Waals surface area contributed by atoms with Gasteiger partial charge in [-0.2, -0.15) is 0 Å². The second-order valence-corrected chi connectivity index (χ2v) is 8.61. The number of para-hydroxylation sites is 2. The number of nitrogens with zero attached hydrogens (tertiary/aromatic N) is 1. The third kappa shape index (κ3) is 6.10. The van der Waals surface area contributed by atoms with Gasteiger partial charge in [-0.3, -0.25) is 19.3 Å². The van der Waals surface area contributed by atoms with E-state index in [0.717, 1.165) is 5.56 Å². The van der Waals surface area contributed by atoms with Crippen molar-refractivity contribution in [2.75, 3.05) is 36.6 Å². The van der Waals surface area contributed by atoms with Crippen LogP contribution < -0.4 is 15.0 Å². The lowest BCUT2D eigenvalue weighted by Gasteiger charge is -2.28. The summed E-state index contributed by atoms with van der Waals surface area (Å²) in [4.78, 5) is 50.6. The Morgan fingerprint density at radius 2 is 1.97 bits per heavy atom. The SMILES string of the molecule is CCOC(=O)c1c(CC(C)C)csc1NC(=O)COC(=O)CN1C(=O)COc2ccccc21. The topological polar surface area (TPSA) is 111 Å². The molecule has 1 aromatic heterocycles. The first-order valence-corrected chi connectivity index (χ1v) is 11.4. The van der Waals surface area contributed by atoms with Crippen LogP contribution in [0.5, 0.6) is 5.75 Å². The second-order valence-electron chi connectivity index (χ2n) is 7.73. The van der Waals surface area contributed by atoms with Crippen LogP contribution in [0.25, 0.3) is 0 Å². The number of benzene rings is 1. The van der Waals surface area contributed by atoms with Crippen LogP contribution in [0.15, 0.2) is 29.6 Å². The van der Waals surface area contributed by atoms with E-state index in [4.69, 9.17) is 14.2 Å². The molecule has 2 heterocycles. The number of carbonyl (C=O) groups excluding carboxylic acids is 4. The smallest absolute Gasteiger partial charge is 0.341 e. The summed E-state index contributed by atoms with van der Waals surface area (Å²) < 4.78 is 15.5. The highest BCUT2D eigenvalue weighted by Crippen LogP contribution is 2.32. The van der Waals surface area contributed by atoms with E-state index < -0.39 is 24.5 Å². The Balaban J connectivity index is 1.60. The highest BCUT2D eigenvalue weighted by Gasteiger charge is 2.28. The van der Waals surface area contributed by atoms with Gasteiger partial charge >= 0.3 is 11.9 Å². The van der Waals surface area contributed by atoms with Gasteiger partial charge in [0.1, 0.15) is 17.3 Å². The zero-order valence-corrected chi connectivity index (χ0v) is 19.5. The Morgan fingerprint density at radius 3 is 2.70 bits per heavy atom. The van der Waals surface area contributed by atoms with Crippen molar-refractivity contribution >= 4 is 45.8 Å². The molecule has 9 nitrogen and oxygen atoms in total. The largest absolute Gasteiger partial charge is 0.482 e. The molecule has 3 rings (SSSR count). The van der Waals surface area contributed by atoms with Gasteiger partial charge in [-0.1, -0.05) is 26.0 Å². The fraction of sp³-hybridized carbons (Fsp3) is 0.391. The summed E-state index contributed by atoms with van der Waals surface area (Å²) in [6.07, 6.45) is 0.657. The molecular weight excluding hydrogens is 448 g/mol. The molecule has 0 aliphatic carbocycles. The molecule has 2 aromatic rings. The molecule has 1 aliphatic rings. The minimum absolute atomic E-state index is 0.182. The third-order valence-corrected chi connectivity index (χ3v) is 5.63. The number of amides is 2. The number of esters is 2. The van der Waals surface area contributed by atoms with Crippen LogP contribution in [0.2, 0.25) is 0 Å². The molecule has 176 valence electrons. The van der Waals surface area contributed by atoms with Gasteiger partial charge < -0.3 is 19.5 Å². The molecule has 0 radical (unpaired) electrons. The van der Waals surface area contributed by atoms with Gasteiger partial charge in [-0.25, -0.2) is 4.79 Å². The van der Waals surface area contributed by atoms with Crippen molar-refractivity contribution in [2.24, 2.45) is 5.92 Å². The lowest BCUT2D eigenvalue weighted by atomic mass is 10.0. The van der Waals surface area contributed by atoms with E-state index in [0.29, 0.717) is 34.3 Å². The highest BCUT2D eigenvalue weighted by atomic mass is 32.1. The summed E-state index contributed by atoms with van der Waals surface area (Å²) in [5.74, 6) is -1.43. The first-order valence-electron chi connectivity index (χ1n) is 10.5. The zero-order valence-electron chi connectivity index (χ0n) is 18.7.